The summed E-state index contributed by atoms with van der Waals surface area (Å²) in [6, 6.07) is 11.8. The molecule has 0 spiro atoms. The third-order valence-electron chi connectivity index (χ3n) is 5.35. The molecule has 2 heterocycles. The van der Waals surface area contributed by atoms with Gasteiger partial charge in [0.2, 0.25) is 0 Å². The van der Waals surface area contributed by atoms with Crippen molar-refractivity contribution in [1.29, 1.82) is 0 Å². The lowest BCUT2D eigenvalue weighted by Gasteiger charge is -2.41. The smallest absolute Gasteiger partial charge is 0.161 e. The molecule has 5 heteroatoms. The summed E-state index contributed by atoms with van der Waals surface area (Å²) in [5.41, 5.74) is 1.71. The van der Waals surface area contributed by atoms with Gasteiger partial charge in [-0.2, -0.15) is 0 Å². The topological polar surface area (TPSA) is 62.7 Å². The molecule has 0 amide bonds. The van der Waals surface area contributed by atoms with Gasteiger partial charge in [0.25, 0.3) is 0 Å². The summed E-state index contributed by atoms with van der Waals surface area (Å²) in [6.07, 6.45) is 4.28. The molecule has 0 aliphatic carbocycles. The van der Waals surface area contributed by atoms with Crippen molar-refractivity contribution < 1.29 is 14.6 Å². The lowest BCUT2D eigenvalue weighted by molar-refractivity contribution is 0.0960. The van der Waals surface area contributed by atoms with Crippen LogP contribution >= 0.6 is 0 Å². The molecule has 138 valence electrons. The van der Waals surface area contributed by atoms with E-state index >= 15 is 0 Å². The quantitative estimate of drug-likeness (QED) is 0.808. The second-order valence-corrected chi connectivity index (χ2v) is 7.13. The Morgan fingerprint density at radius 3 is 2.62 bits per heavy atom. The number of pyridine rings is 1. The first kappa shape index (κ1) is 18.4. The SMILES string of the molecule is COc1cccc(CC2(CO)CCN(c3ccc(C(C)=O)cn3)CC2)c1. The monoisotopic (exact) mass is 354 g/mol. The van der Waals surface area contributed by atoms with Gasteiger partial charge in [0.1, 0.15) is 11.6 Å². The van der Waals surface area contributed by atoms with Gasteiger partial charge in [-0.05, 0) is 56.0 Å². The van der Waals surface area contributed by atoms with E-state index in [0.29, 0.717) is 5.56 Å². The summed E-state index contributed by atoms with van der Waals surface area (Å²) in [5, 5.41) is 10.1. The molecule has 1 aromatic carbocycles. The first-order chi connectivity index (χ1) is 12.5. The summed E-state index contributed by atoms with van der Waals surface area (Å²) in [4.78, 5) is 18.0. The largest absolute Gasteiger partial charge is 0.497 e. The van der Waals surface area contributed by atoms with Gasteiger partial charge in [-0.15, -0.1) is 0 Å². The number of aromatic nitrogens is 1. The summed E-state index contributed by atoms with van der Waals surface area (Å²) in [6.45, 7) is 3.41. The van der Waals surface area contributed by atoms with Crippen LogP contribution in [0.3, 0.4) is 0 Å². The van der Waals surface area contributed by atoms with Crippen molar-refractivity contribution in [3.8, 4) is 5.75 Å². The number of hydrogen-bond acceptors (Lipinski definition) is 5. The van der Waals surface area contributed by atoms with Gasteiger partial charge in [0.05, 0.1) is 7.11 Å². The highest BCUT2D eigenvalue weighted by Crippen LogP contribution is 2.36. The molecule has 0 bridgehead atoms. The number of benzene rings is 1. The molecule has 2 aromatic rings. The van der Waals surface area contributed by atoms with Crippen molar-refractivity contribution in [2.24, 2.45) is 5.41 Å². The standard InChI is InChI=1S/C21H26N2O3/c1-16(25)18-6-7-20(22-14-18)23-10-8-21(15-24,9-11-23)13-17-4-3-5-19(12-17)26-2/h3-7,12,14,24H,8-11,13,15H2,1-2H3. The van der Waals surface area contributed by atoms with Crippen LogP contribution in [0.15, 0.2) is 42.6 Å². The molecule has 1 aliphatic heterocycles. The second kappa shape index (κ2) is 7.87. The fourth-order valence-electron chi connectivity index (χ4n) is 3.60. The molecule has 1 saturated heterocycles. The molecule has 0 atom stereocenters. The Balaban J connectivity index is 1.67. The van der Waals surface area contributed by atoms with Crippen molar-refractivity contribution in [1.82, 2.24) is 4.98 Å². The van der Waals surface area contributed by atoms with Crippen molar-refractivity contribution in [2.45, 2.75) is 26.2 Å². The van der Waals surface area contributed by atoms with Crippen LogP contribution in [-0.2, 0) is 6.42 Å². The number of hydrogen-bond donors (Lipinski definition) is 1. The van der Waals surface area contributed by atoms with E-state index in [1.165, 1.54) is 5.56 Å². The Morgan fingerprint density at radius 1 is 1.27 bits per heavy atom. The molecule has 1 aliphatic rings. The zero-order valence-corrected chi connectivity index (χ0v) is 15.4. The lowest BCUT2D eigenvalue weighted by Crippen LogP contribution is -2.43. The van der Waals surface area contributed by atoms with E-state index in [2.05, 4.69) is 16.0 Å². The number of anilines is 1. The number of methoxy groups -OCH3 is 1. The molecule has 1 fully saturated rings. The molecule has 3 rings (SSSR count). The van der Waals surface area contributed by atoms with E-state index in [4.69, 9.17) is 4.74 Å². The number of nitrogens with zero attached hydrogens (tertiary/aromatic N) is 2. The summed E-state index contributed by atoms with van der Waals surface area (Å²) >= 11 is 0. The first-order valence-electron chi connectivity index (χ1n) is 9.01. The van der Waals surface area contributed by atoms with Crippen LogP contribution in [0.5, 0.6) is 5.75 Å². The predicted octanol–water partition coefficient (Wildman–Crippen LogP) is 3.11. The number of carbonyl (C=O) groups is 1. The lowest BCUT2D eigenvalue weighted by atomic mass is 9.74. The Kier molecular flexibility index (Phi) is 5.57. The van der Waals surface area contributed by atoms with Crippen LogP contribution in [0.25, 0.3) is 0 Å². The highest BCUT2D eigenvalue weighted by atomic mass is 16.5. The second-order valence-electron chi connectivity index (χ2n) is 7.13. The molecule has 26 heavy (non-hydrogen) atoms. The Hall–Kier alpha value is -2.40. The van der Waals surface area contributed by atoms with Crippen molar-refractivity contribution >= 4 is 11.6 Å². The minimum atomic E-state index is -0.109. The van der Waals surface area contributed by atoms with Gasteiger partial charge in [0.15, 0.2) is 5.78 Å². The van der Waals surface area contributed by atoms with Crippen LogP contribution < -0.4 is 9.64 Å². The Labute approximate surface area is 154 Å². The molecular formula is C21H26N2O3. The van der Waals surface area contributed by atoms with Crippen molar-refractivity contribution in [3.63, 3.8) is 0 Å². The van der Waals surface area contributed by atoms with E-state index in [9.17, 15) is 9.90 Å². The summed E-state index contributed by atoms with van der Waals surface area (Å²) in [5.74, 6) is 1.77. The molecule has 0 unspecified atom stereocenters. The van der Waals surface area contributed by atoms with Gasteiger partial charge in [-0.25, -0.2) is 4.98 Å². The number of Topliss-reactive ketones (excluding diaryl/α,β-unsaturated/α-hetero) is 1. The number of aliphatic hydroxyl groups excluding tert-OH is 1. The molecule has 0 saturated carbocycles. The third kappa shape index (κ3) is 4.05. The van der Waals surface area contributed by atoms with Crippen molar-refractivity contribution in [3.05, 3.63) is 53.7 Å². The van der Waals surface area contributed by atoms with Gasteiger partial charge < -0.3 is 14.7 Å². The van der Waals surface area contributed by atoms with E-state index < -0.39 is 0 Å². The van der Waals surface area contributed by atoms with Gasteiger partial charge in [-0.1, -0.05) is 12.1 Å². The third-order valence-corrected chi connectivity index (χ3v) is 5.35. The fraction of sp³-hybridized carbons (Fsp3) is 0.429. The van der Waals surface area contributed by atoms with Crippen LogP contribution in [0.2, 0.25) is 0 Å². The average molecular weight is 354 g/mol. The molecule has 1 aromatic heterocycles. The molecule has 1 N–H and O–H groups in total. The molecule has 0 radical (unpaired) electrons. The van der Waals surface area contributed by atoms with Gasteiger partial charge in [-0.3, -0.25) is 4.79 Å². The highest BCUT2D eigenvalue weighted by Gasteiger charge is 2.34. The highest BCUT2D eigenvalue weighted by molar-refractivity contribution is 5.93. The van der Waals surface area contributed by atoms with E-state index in [1.807, 2.05) is 30.3 Å². The van der Waals surface area contributed by atoms with Crippen molar-refractivity contribution in [2.75, 3.05) is 31.7 Å². The average Bonchev–Trinajstić information content (AvgIpc) is 2.69. The summed E-state index contributed by atoms with van der Waals surface area (Å²) < 4.78 is 5.31. The van der Waals surface area contributed by atoms with Gasteiger partial charge >= 0.3 is 0 Å². The molecular weight excluding hydrogens is 328 g/mol. The van der Waals surface area contributed by atoms with Crippen LogP contribution in [0.4, 0.5) is 5.82 Å². The molecule has 5 nitrogen and oxygen atoms in total. The first-order valence-corrected chi connectivity index (χ1v) is 9.01. The van der Waals surface area contributed by atoms with Gasteiger partial charge in [0, 0.05) is 36.9 Å². The summed E-state index contributed by atoms with van der Waals surface area (Å²) in [7, 11) is 1.67. The van der Waals surface area contributed by atoms with E-state index in [0.717, 1.165) is 43.9 Å². The number of aliphatic hydroxyl groups is 1. The van der Waals surface area contributed by atoms with Crippen LogP contribution in [0, 0.1) is 5.41 Å². The number of rotatable bonds is 6. The van der Waals surface area contributed by atoms with Crippen LogP contribution in [0.1, 0.15) is 35.7 Å². The minimum Gasteiger partial charge on any atom is -0.497 e. The fourth-order valence-corrected chi connectivity index (χ4v) is 3.60. The normalized spacial score (nSPS) is 16.3. The Bertz CT molecular complexity index is 750. The zero-order valence-electron chi connectivity index (χ0n) is 15.4. The number of piperidine rings is 1. The number of ketones is 1. The minimum absolute atomic E-state index is 0.0280. The maximum atomic E-state index is 11.4. The van der Waals surface area contributed by atoms with Crippen LogP contribution in [-0.4, -0.2) is 42.7 Å². The van der Waals surface area contributed by atoms with E-state index in [1.54, 1.807) is 20.2 Å². The Morgan fingerprint density at radius 2 is 2.04 bits per heavy atom. The number of carbonyl (C=O) groups excluding carboxylic acids is 1. The van der Waals surface area contributed by atoms with E-state index in [-0.39, 0.29) is 17.8 Å². The zero-order chi connectivity index (χ0) is 18.6. The number of ether oxygens (including phenoxy) is 1. The maximum Gasteiger partial charge on any atom is 0.161 e. The maximum absolute atomic E-state index is 11.4. The predicted molar refractivity (Wildman–Crippen MR) is 102 cm³/mol.